The summed E-state index contributed by atoms with van der Waals surface area (Å²) in [5.74, 6) is 6.41. The van der Waals surface area contributed by atoms with Gasteiger partial charge in [0.1, 0.15) is 0 Å². The number of hydrogen-bond donors (Lipinski definition) is 0. The molecule has 0 saturated heterocycles. The van der Waals surface area contributed by atoms with Crippen LogP contribution in [0.3, 0.4) is 0 Å². The molecule has 0 fully saturated rings. The van der Waals surface area contributed by atoms with E-state index in [-0.39, 0.29) is 12.4 Å². The first-order chi connectivity index (χ1) is 10.8. The van der Waals surface area contributed by atoms with Crippen molar-refractivity contribution in [2.24, 2.45) is 0 Å². The van der Waals surface area contributed by atoms with Crippen molar-refractivity contribution in [2.45, 2.75) is 0 Å². The van der Waals surface area contributed by atoms with E-state index in [9.17, 15) is 0 Å². The van der Waals surface area contributed by atoms with Crippen molar-refractivity contribution in [3.8, 4) is 11.8 Å². The van der Waals surface area contributed by atoms with Crippen molar-refractivity contribution in [1.82, 2.24) is 4.90 Å². The Kier molecular flexibility index (Phi) is 5.82. The molecular formula is C21H20ClN. The number of hydrogen-bond acceptors (Lipinski definition) is 1. The Bertz CT molecular complexity index is 752. The molecule has 2 aromatic rings. The summed E-state index contributed by atoms with van der Waals surface area (Å²) in [7, 11) is 4.06. The molecule has 0 amide bonds. The molecule has 2 aromatic carbocycles. The first kappa shape index (κ1) is 17.1. The summed E-state index contributed by atoms with van der Waals surface area (Å²) in [5, 5.41) is 0. The molecule has 1 aliphatic rings. The third kappa shape index (κ3) is 3.93. The minimum Gasteiger partial charge on any atom is -0.299 e. The first-order valence-corrected chi connectivity index (χ1v) is 7.46. The Morgan fingerprint density at radius 1 is 0.870 bits per heavy atom. The number of benzene rings is 2. The molecule has 1 aliphatic carbocycles. The van der Waals surface area contributed by atoms with E-state index in [2.05, 4.69) is 77.4 Å². The van der Waals surface area contributed by atoms with Crippen LogP contribution in [0, 0.1) is 11.8 Å². The Balaban J connectivity index is 0.00000192. The maximum absolute atomic E-state index is 3.21. The average Bonchev–Trinajstić information content (AvgIpc) is 2.69. The molecule has 0 unspecified atom stereocenters. The molecular weight excluding hydrogens is 302 g/mol. The van der Waals surface area contributed by atoms with Gasteiger partial charge < -0.3 is 0 Å². The van der Waals surface area contributed by atoms with E-state index in [1.54, 1.807) is 0 Å². The highest BCUT2D eigenvalue weighted by Crippen LogP contribution is 2.33. The summed E-state index contributed by atoms with van der Waals surface area (Å²) >= 11 is 0. The summed E-state index contributed by atoms with van der Waals surface area (Å²) in [6.45, 7) is 0.769. The summed E-state index contributed by atoms with van der Waals surface area (Å²) < 4.78 is 0. The van der Waals surface area contributed by atoms with Gasteiger partial charge in [-0.2, -0.15) is 0 Å². The molecule has 1 nitrogen and oxygen atoms in total. The van der Waals surface area contributed by atoms with Crippen LogP contribution in [-0.2, 0) is 0 Å². The van der Waals surface area contributed by atoms with E-state index >= 15 is 0 Å². The van der Waals surface area contributed by atoms with Gasteiger partial charge in [-0.3, -0.25) is 4.90 Å². The number of nitrogens with zero attached hydrogens (tertiary/aromatic N) is 1. The highest BCUT2D eigenvalue weighted by atomic mass is 35.5. The van der Waals surface area contributed by atoms with Crippen LogP contribution in [0.2, 0.25) is 0 Å². The Hall–Kier alpha value is -2.27. The van der Waals surface area contributed by atoms with Gasteiger partial charge in [0, 0.05) is 0 Å². The monoisotopic (exact) mass is 321 g/mol. The maximum atomic E-state index is 3.21. The molecule has 23 heavy (non-hydrogen) atoms. The molecule has 0 radical (unpaired) electrons. The van der Waals surface area contributed by atoms with Gasteiger partial charge in [-0.05, 0) is 48.0 Å². The van der Waals surface area contributed by atoms with E-state index < -0.39 is 0 Å². The summed E-state index contributed by atoms with van der Waals surface area (Å²) in [4.78, 5) is 2.07. The van der Waals surface area contributed by atoms with Crippen LogP contribution in [0.25, 0.3) is 17.7 Å². The molecule has 0 atom stereocenters. The standard InChI is InChI=1S/C21H19N.ClH/c1-22(2)16-8-7-13-21-19-11-5-3-9-17(19)14-15-18-10-4-6-12-20(18)21;/h3-6,9-15H,16H2,1-2H3;1H. The van der Waals surface area contributed by atoms with Gasteiger partial charge in [-0.1, -0.05) is 72.5 Å². The number of halogens is 1. The molecule has 0 spiro atoms. The lowest BCUT2D eigenvalue weighted by atomic mass is 9.93. The van der Waals surface area contributed by atoms with Gasteiger partial charge in [-0.25, -0.2) is 0 Å². The fourth-order valence-corrected chi connectivity index (χ4v) is 2.58. The second-order valence-corrected chi connectivity index (χ2v) is 5.62. The third-order valence-corrected chi connectivity index (χ3v) is 3.66. The van der Waals surface area contributed by atoms with Crippen molar-refractivity contribution in [3.05, 3.63) is 76.9 Å². The fraction of sp³-hybridized carbons (Fsp3) is 0.143. The normalized spacial score (nSPS) is 11.5. The lowest BCUT2D eigenvalue weighted by Crippen LogP contribution is -2.10. The van der Waals surface area contributed by atoms with Crippen LogP contribution in [0.15, 0.2) is 54.6 Å². The van der Waals surface area contributed by atoms with E-state index in [1.807, 2.05) is 20.2 Å². The van der Waals surface area contributed by atoms with Crippen LogP contribution in [0.4, 0.5) is 0 Å². The van der Waals surface area contributed by atoms with Gasteiger partial charge >= 0.3 is 0 Å². The second-order valence-electron chi connectivity index (χ2n) is 5.62. The predicted molar refractivity (Wildman–Crippen MR) is 102 cm³/mol. The molecule has 3 rings (SSSR count). The lowest BCUT2D eigenvalue weighted by molar-refractivity contribution is 0.464. The molecule has 0 aromatic heterocycles. The number of rotatable bonds is 1. The summed E-state index contributed by atoms with van der Waals surface area (Å²) in [5.41, 5.74) is 6.15. The fourth-order valence-electron chi connectivity index (χ4n) is 2.58. The Labute approximate surface area is 144 Å². The van der Waals surface area contributed by atoms with E-state index in [4.69, 9.17) is 0 Å². The largest absolute Gasteiger partial charge is 0.299 e. The average molecular weight is 322 g/mol. The lowest BCUT2D eigenvalue weighted by Gasteiger charge is -2.10. The van der Waals surface area contributed by atoms with E-state index in [0.717, 1.165) is 6.54 Å². The highest BCUT2D eigenvalue weighted by molar-refractivity contribution is 5.94. The third-order valence-electron chi connectivity index (χ3n) is 3.66. The van der Waals surface area contributed by atoms with Gasteiger partial charge in [0.15, 0.2) is 0 Å². The minimum absolute atomic E-state index is 0. The number of allylic oxidation sites excluding steroid dienone is 1. The SMILES string of the molecule is CN(C)CC#CC=C1c2ccccc2C=Cc2ccccc21.Cl. The molecule has 0 heterocycles. The van der Waals surface area contributed by atoms with E-state index in [0.29, 0.717) is 0 Å². The van der Waals surface area contributed by atoms with Crippen LogP contribution in [-0.4, -0.2) is 25.5 Å². The molecule has 0 bridgehead atoms. The molecule has 2 heteroatoms. The smallest absolute Gasteiger partial charge is 0.0600 e. The molecule has 0 N–H and O–H groups in total. The summed E-state index contributed by atoms with van der Waals surface area (Å²) in [6.07, 6.45) is 6.42. The topological polar surface area (TPSA) is 3.24 Å². The zero-order valence-corrected chi connectivity index (χ0v) is 14.2. The van der Waals surface area contributed by atoms with Gasteiger partial charge in [0.25, 0.3) is 0 Å². The van der Waals surface area contributed by atoms with Gasteiger partial charge in [-0.15, -0.1) is 12.4 Å². The molecule has 0 aliphatic heterocycles. The van der Waals surface area contributed by atoms with Crippen molar-refractivity contribution in [1.29, 1.82) is 0 Å². The van der Waals surface area contributed by atoms with Gasteiger partial charge in [0.2, 0.25) is 0 Å². The Morgan fingerprint density at radius 3 is 1.91 bits per heavy atom. The first-order valence-electron chi connectivity index (χ1n) is 7.46. The Morgan fingerprint density at radius 2 is 1.39 bits per heavy atom. The summed E-state index contributed by atoms with van der Waals surface area (Å²) in [6, 6.07) is 17.0. The van der Waals surface area contributed by atoms with Crippen molar-refractivity contribution in [3.63, 3.8) is 0 Å². The van der Waals surface area contributed by atoms with Crippen LogP contribution < -0.4 is 0 Å². The maximum Gasteiger partial charge on any atom is 0.0600 e. The zero-order valence-electron chi connectivity index (χ0n) is 13.4. The zero-order chi connectivity index (χ0) is 15.4. The van der Waals surface area contributed by atoms with Crippen molar-refractivity contribution < 1.29 is 0 Å². The predicted octanol–water partition coefficient (Wildman–Crippen LogP) is 4.59. The van der Waals surface area contributed by atoms with E-state index in [1.165, 1.54) is 27.8 Å². The van der Waals surface area contributed by atoms with Crippen molar-refractivity contribution >= 4 is 30.1 Å². The molecule has 116 valence electrons. The van der Waals surface area contributed by atoms with Crippen molar-refractivity contribution in [2.75, 3.05) is 20.6 Å². The van der Waals surface area contributed by atoms with Crippen LogP contribution in [0.1, 0.15) is 22.3 Å². The van der Waals surface area contributed by atoms with Crippen LogP contribution in [0.5, 0.6) is 0 Å². The quantitative estimate of drug-likeness (QED) is 0.593. The highest BCUT2D eigenvalue weighted by Gasteiger charge is 2.13. The second kappa shape index (κ2) is 7.83. The van der Waals surface area contributed by atoms with Crippen LogP contribution >= 0.6 is 12.4 Å². The van der Waals surface area contributed by atoms with Gasteiger partial charge in [0.05, 0.1) is 6.54 Å². The molecule has 0 saturated carbocycles. The number of fused-ring (bicyclic) bond motifs is 2. The minimum atomic E-state index is 0.